The third-order valence-corrected chi connectivity index (χ3v) is 5.02. The number of hydrogen-bond acceptors (Lipinski definition) is 3. The summed E-state index contributed by atoms with van der Waals surface area (Å²) in [7, 11) is 0. The standard InChI is InChI=1S/C21H22N2OS/c1-16(21(24)22-15-17-9-4-2-5-10-17)23-20(19-13-8-14-25-19)18-11-6-3-7-12-18/h2-14,16,20,23H,15H2,1H3,(H,22,24)/t16-,20-/m0/s1. The van der Waals surface area contributed by atoms with Gasteiger partial charge in [-0.15, -0.1) is 11.3 Å². The van der Waals surface area contributed by atoms with Crippen LogP contribution in [0.3, 0.4) is 0 Å². The van der Waals surface area contributed by atoms with Crippen molar-refractivity contribution in [3.8, 4) is 0 Å². The van der Waals surface area contributed by atoms with Gasteiger partial charge in [0.05, 0.1) is 12.1 Å². The molecule has 128 valence electrons. The largest absolute Gasteiger partial charge is 0.351 e. The summed E-state index contributed by atoms with van der Waals surface area (Å²) in [5.41, 5.74) is 2.26. The third kappa shape index (κ3) is 4.78. The first-order valence-corrected chi connectivity index (χ1v) is 9.28. The predicted molar refractivity (Wildman–Crippen MR) is 103 cm³/mol. The zero-order valence-corrected chi connectivity index (χ0v) is 15.0. The Bertz CT molecular complexity index is 772. The second-order valence-electron chi connectivity index (χ2n) is 5.95. The van der Waals surface area contributed by atoms with Crippen LogP contribution in [0, 0.1) is 0 Å². The summed E-state index contributed by atoms with van der Waals surface area (Å²) in [4.78, 5) is 13.7. The van der Waals surface area contributed by atoms with Crippen LogP contribution in [0.15, 0.2) is 78.2 Å². The van der Waals surface area contributed by atoms with Gasteiger partial charge >= 0.3 is 0 Å². The first-order chi connectivity index (χ1) is 12.2. The van der Waals surface area contributed by atoms with Gasteiger partial charge in [-0.1, -0.05) is 66.7 Å². The van der Waals surface area contributed by atoms with Crippen LogP contribution in [-0.4, -0.2) is 11.9 Å². The molecule has 3 nitrogen and oxygen atoms in total. The Balaban J connectivity index is 1.66. The second kappa shape index (κ2) is 8.60. The molecule has 1 aromatic heterocycles. The van der Waals surface area contributed by atoms with Crippen LogP contribution in [0.4, 0.5) is 0 Å². The minimum Gasteiger partial charge on any atom is -0.351 e. The van der Waals surface area contributed by atoms with E-state index in [9.17, 15) is 4.79 Å². The lowest BCUT2D eigenvalue weighted by atomic mass is 10.0. The number of rotatable bonds is 7. The molecule has 0 aliphatic carbocycles. The van der Waals surface area contributed by atoms with Crippen LogP contribution >= 0.6 is 11.3 Å². The number of carbonyl (C=O) groups is 1. The number of hydrogen-bond donors (Lipinski definition) is 2. The maximum Gasteiger partial charge on any atom is 0.237 e. The summed E-state index contributed by atoms with van der Waals surface area (Å²) in [6.07, 6.45) is 0. The molecule has 0 unspecified atom stereocenters. The van der Waals surface area contributed by atoms with Crippen LogP contribution in [-0.2, 0) is 11.3 Å². The third-order valence-electron chi connectivity index (χ3n) is 4.08. The summed E-state index contributed by atoms with van der Waals surface area (Å²) in [5, 5.41) is 8.54. The molecule has 2 N–H and O–H groups in total. The van der Waals surface area contributed by atoms with Crippen molar-refractivity contribution < 1.29 is 4.79 Å². The van der Waals surface area contributed by atoms with Gasteiger partial charge in [0.1, 0.15) is 0 Å². The minimum atomic E-state index is -0.295. The van der Waals surface area contributed by atoms with Crippen molar-refractivity contribution in [3.05, 3.63) is 94.2 Å². The van der Waals surface area contributed by atoms with Gasteiger partial charge in [0.15, 0.2) is 0 Å². The molecular weight excluding hydrogens is 328 g/mol. The van der Waals surface area contributed by atoms with Gasteiger partial charge in [0, 0.05) is 11.4 Å². The number of carbonyl (C=O) groups excluding carboxylic acids is 1. The van der Waals surface area contributed by atoms with E-state index in [4.69, 9.17) is 0 Å². The second-order valence-corrected chi connectivity index (χ2v) is 6.93. The molecule has 4 heteroatoms. The van der Waals surface area contributed by atoms with Crippen molar-refractivity contribution in [1.82, 2.24) is 10.6 Å². The molecule has 1 heterocycles. The van der Waals surface area contributed by atoms with Crippen LogP contribution in [0.25, 0.3) is 0 Å². The quantitative estimate of drug-likeness (QED) is 0.673. The Morgan fingerprint density at radius 1 is 0.960 bits per heavy atom. The molecule has 1 amide bonds. The van der Waals surface area contributed by atoms with Crippen LogP contribution < -0.4 is 10.6 Å². The maximum atomic E-state index is 12.5. The number of nitrogens with one attached hydrogen (secondary N) is 2. The first-order valence-electron chi connectivity index (χ1n) is 8.40. The number of thiophene rings is 1. The number of amides is 1. The molecule has 0 aliphatic rings. The molecule has 0 bridgehead atoms. The average molecular weight is 350 g/mol. The Morgan fingerprint density at radius 3 is 2.28 bits per heavy atom. The highest BCUT2D eigenvalue weighted by Crippen LogP contribution is 2.26. The Kier molecular flexibility index (Phi) is 5.99. The summed E-state index contributed by atoms with van der Waals surface area (Å²) in [6.45, 7) is 2.45. The zero-order chi connectivity index (χ0) is 17.5. The van der Waals surface area contributed by atoms with Crippen molar-refractivity contribution in [1.29, 1.82) is 0 Å². The van der Waals surface area contributed by atoms with Crippen LogP contribution in [0.5, 0.6) is 0 Å². The van der Waals surface area contributed by atoms with E-state index in [1.807, 2.05) is 61.5 Å². The summed E-state index contributed by atoms with van der Waals surface area (Å²) in [5.74, 6) is 0.00124. The van der Waals surface area contributed by atoms with Crippen molar-refractivity contribution >= 4 is 17.2 Å². The lowest BCUT2D eigenvalue weighted by Crippen LogP contribution is -2.43. The molecule has 25 heavy (non-hydrogen) atoms. The van der Waals surface area contributed by atoms with Crippen molar-refractivity contribution in [2.24, 2.45) is 0 Å². The van der Waals surface area contributed by atoms with Gasteiger partial charge < -0.3 is 5.32 Å². The van der Waals surface area contributed by atoms with Crippen LogP contribution in [0.1, 0.15) is 29.0 Å². The van der Waals surface area contributed by atoms with E-state index >= 15 is 0 Å². The molecule has 0 aliphatic heterocycles. The molecule has 0 saturated heterocycles. The Hall–Kier alpha value is -2.43. The molecule has 3 aromatic rings. The van der Waals surface area contributed by atoms with E-state index in [1.165, 1.54) is 4.88 Å². The van der Waals surface area contributed by atoms with E-state index < -0.39 is 0 Å². The Labute approximate surface area is 152 Å². The molecule has 0 fully saturated rings. The topological polar surface area (TPSA) is 41.1 Å². The van der Waals surface area contributed by atoms with Gasteiger partial charge in [-0.2, -0.15) is 0 Å². The van der Waals surface area contributed by atoms with Crippen molar-refractivity contribution in [3.63, 3.8) is 0 Å². The van der Waals surface area contributed by atoms with Gasteiger partial charge in [0.2, 0.25) is 5.91 Å². The van der Waals surface area contributed by atoms with Gasteiger partial charge in [-0.05, 0) is 29.5 Å². The van der Waals surface area contributed by atoms with Gasteiger partial charge in [-0.3, -0.25) is 10.1 Å². The van der Waals surface area contributed by atoms with E-state index in [0.29, 0.717) is 6.54 Å². The lowest BCUT2D eigenvalue weighted by molar-refractivity contribution is -0.123. The highest BCUT2D eigenvalue weighted by molar-refractivity contribution is 7.10. The lowest BCUT2D eigenvalue weighted by Gasteiger charge is -2.22. The van der Waals surface area contributed by atoms with E-state index in [-0.39, 0.29) is 18.0 Å². The predicted octanol–water partition coefficient (Wildman–Crippen LogP) is 4.13. The molecule has 2 atom stereocenters. The summed E-state index contributed by atoms with van der Waals surface area (Å²) in [6, 6.07) is 24.0. The highest BCUT2D eigenvalue weighted by atomic mass is 32.1. The van der Waals surface area contributed by atoms with Crippen LogP contribution in [0.2, 0.25) is 0 Å². The minimum absolute atomic E-state index is 0.00124. The molecule has 0 spiro atoms. The summed E-state index contributed by atoms with van der Waals surface area (Å²) >= 11 is 1.70. The SMILES string of the molecule is C[C@H](N[C@@H](c1ccccc1)c1cccs1)C(=O)NCc1ccccc1. The number of benzene rings is 2. The molecular formula is C21H22N2OS. The van der Waals surface area contributed by atoms with Crippen molar-refractivity contribution in [2.75, 3.05) is 0 Å². The van der Waals surface area contributed by atoms with E-state index in [2.05, 4.69) is 34.2 Å². The highest BCUT2D eigenvalue weighted by Gasteiger charge is 2.21. The average Bonchev–Trinajstić information content (AvgIpc) is 3.20. The van der Waals surface area contributed by atoms with E-state index in [0.717, 1.165) is 11.1 Å². The van der Waals surface area contributed by atoms with E-state index in [1.54, 1.807) is 11.3 Å². The zero-order valence-electron chi connectivity index (χ0n) is 14.2. The fourth-order valence-corrected chi connectivity index (χ4v) is 3.52. The fraction of sp³-hybridized carbons (Fsp3) is 0.190. The normalized spacial score (nSPS) is 13.2. The molecule has 0 radical (unpaired) electrons. The monoisotopic (exact) mass is 350 g/mol. The first kappa shape index (κ1) is 17.4. The Morgan fingerprint density at radius 2 is 1.64 bits per heavy atom. The van der Waals surface area contributed by atoms with Gasteiger partial charge in [-0.25, -0.2) is 0 Å². The molecule has 2 aromatic carbocycles. The maximum absolute atomic E-state index is 12.5. The van der Waals surface area contributed by atoms with Gasteiger partial charge in [0.25, 0.3) is 0 Å². The molecule has 3 rings (SSSR count). The molecule has 0 saturated carbocycles. The fourth-order valence-electron chi connectivity index (χ4n) is 2.71. The summed E-state index contributed by atoms with van der Waals surface area (Å²) < 4.78 is 0. The smallest absolute Gasteiger partial charge is 0.237 e. The van der Waals surface area contributed by atoms with Crippen molar-refractivity contribution in [2.45, 2.75) is 25.6 Å².